The van der Waals surface area contributed by atoms with Gasteiger partial charge in [0.2, 0.25) is 5.95 Å². The summed E-state index contributed by atoms with van der Waals surface area (Å²) in [5.41, 5.74) is 13.2. The van der Waals surface area contributed by atoms with Crippen LogP contribution in [0.5, 0.6) is 0 Å². The van der Waals surface area contributed by atoms with E-state index in [2.05, 4.69) is 15.3 Å². The van der Waals surface area contributed by atoms with Crippen LogP contribution in [0.1, 0.15) is 11.1 Å². The summed E-state index contributed by atoms with van der Waals surface area (Å²) in [4.78, 5) is 9.72. The molecule has 6 N–H and O–H groups in total. The number of hydrogen-bond donors (Lipinski definition) is 4. The second kappa shape index (κ2) is 7.97. The highest BCUT2D eigenvalue weighted by atomic mass is 35.5. The molecule has 0 aliphatic rings. The van der Waals surface area contributed by atoms with Gasteiger partial charge < -0.3 is 21.9 Å². The summed E-state index contributed by atoms with van der Waals surface area (Å²) in [7, 11) is -3.14. The summed E-state index contributed by atoms with van der Waals surface area (Å²) in [6.45, 7) is 0.137. The van der Waals surface area contributed by atoms with Crippen molar-refractivity contribution >= 4 is 66.2 Å². The summed E-state index contributed by atoms with van der Waals surface area (Å²) < 4.78 is 22.7. The molecule has 28 heavy (non-hydrogen) atoms. The van der Waals surface area contributed by atoms with Gasteiger partial charge in [-0.2, -0.15) is 0 Å². The number of aliphatic hydroxyl groups excluding tert-OH is 1. The average molecular weight is 462 g/mol. The van der Waals surface area contributed by atoms with Crippen LogP contribution in [0.15, 0.2) is 18.2 Å². The molecule has 3 rings (SSSR count). The highest BCUT2D eigenvalue weighted by molar-refractivity contribution is 7.90. The van der Waals surface area contributed by atoms with E-state index in [1.54, 1.807) is 18.2 Å². The van der Waals surface area contributed by atoms with Crippen molar-refractivity contribution in [3.8, 4) is 11.3 Å². The number of nitrogens with one attached hydrogen (secondary N) is 1. The van der Waals surface area contributed by atoms with Crippen molar-refractivity contribution in [3.63, 3.8) is 0 Å². The molecule has 0 amide bonds. The van der Waals surface area contributed by atoms with Crippen molar-refractivity contribution in [3.05, 3.63) is 33.1 Å². The fourth-order valence-electron chi connectivity index (χ4n) is 2.54. The lowest BCUT2D eigenvalue weighted by atomic mass is 10.1. The first-order valence-corrected chi connectivity index (χ1v) is 11.6. The van der Waals surface area contributed by atoms with Gasteiger partial charge in [-0.25, -0.2) is 18.4 Å². The number of nitrogens with two attached hydrogens (primary N) is 2. The highest BCUT2D eigenvalue weighted by Gasteiger charge is 2.21. The van der Waals surface area contributed by atoms with Crippen LogP contribution in [0.2, 0.25) is 10.0 Å². The van der Waals surface area contributed by atoms with Gasteiger partial charge in [0.15, 0.2) is 0 Å². The van der Waals surface area contributed by atoms with E-state index < -0.39 is 16.1 Å². The molecule has 150 valence electrons. The zero-order chi connectivity index (χ0) is 20.6. The minimum atomic E-state index is -3.14. The van der Waals surface area contributed by atoms with E-state index in [4.69, 9.17) is 34.7 Å². The van der Waals surface area contributed by atoms with Crippen LogP contribution in [-0.2, 0) is 9.84 Å². The number of thiophene rings is 1. The van der Waals surface area contributed by atoms with Gasteiger partial charge in [0.25, 0.3) is 0 Å². The van der Waals surface area contributed by atoms with E-state index in [0.29, 0.717) is 36.4 Å². The molecule has 0 bridgehead atoms. The summed E-state index contributed by atoms with van der Waals surface area (Å²) in [5.74, 6) is 0.145. The van der Waals surface area contributed by atoms with Crippen molar-refractivity contribution in [1.82, 2.24) is 9.97 Å². The van der Waals surface area contributed by atoms with Gasteiger partial charge in [0.05, 0.1) is 37.4 Å². The first-order chi connectivity index (χ1) is 13.1. The molecule has 0 saturated heterocycles. The van der Waals surface area contributed by atoms with Crippen LogP contribution in [0.4, 0.5) is 11.6 Å². The summed E-state index contributed by atoms with van der Waals surface area (Å²) in [6, 6.07) is 5.00. The number of aliphatic hydroxyl groups is 1. The van der Waals surface area contributed by atoms with Gasteiger partial charge in [-0.05, 0) is 12.1 Å². The summed E-state index contributed by atoms with van der Waals surface area (Å²) in [6.07, 6.45) is -0.114. The number of hydrogen-bond acceptors (Lipinski definition) is 9. The Bertz CT molecular complexity index is 1150. The van der Waals surface area contributed by atoms with E-state index in [9.17, 15) is 13.5 Å². The quantitative estimate of drug-likeness (QED) is 0.409. The Hall–Kier alpha value is -1.69. The third-order valence-corrected chi connectivity index (χ3v) is 6.69. The molecule has 1 aromatic carbocycles. The maximum absolute atomic E-state index is 11.4. The first kappa shape index (κ1) is 21.0. The van der Waals surface area contributed by atoms with Crippen LogP contribution in [0.25, 0.3) is 21.5 Å². The van der Waals surface area contributed by atoms with E-state index in [0.717, 1.165) is 17.6 Å². The maximum Gasteiger partial charge on any atom is 0.224 e. The number of halogens is 2. The van der Waals surface area contributed by atoms with Crippen molar-refractivity contribution in [1.29, 1.82) is 0 Å². The minimum absolute atomic E-state index is 0.0736. The lowest BCUT2D eigenvalue weighted by molar-refractivity contribution is 0.191. The number of aromatic nitrogens is 2. The maximum atomic E-state index is 11.4. The fourth-order valence-corrected chi connectivity index (χ4v) is 4.29. The largest absolute Gasteiger partial charge is 0.397 e. The van der Waals surface area contributed by atoms with Gasteiger partial charge in [0.1, 0.15) is 20.9 Å². The Balaban J connectivity index is 2.15. The van der Waals surface area contributed by atoms with E-state index >= 15 is 0 Å². The molecule has 8 nitrogen and oxygen atoms in total. The molecule has 12 heteroatoms. The molecular formula is C16H17Cl2N5O3S2. The topological polar surface area (TPSA) is 144 Å². The van der Waals surface area contributed by atoms with Crippen molar-refractivity contribution in [2.24, 2.45) is 5.73 Å². The molecule has 0 saturated carbocycles. The molecule has 0 fully saturated rings. The Kier molecular flexibility index (Phi) is 5.99. The van der Waals surface area contributed by atoms with E-state index in [-0.39, 0.29) is 23.9 Å². The second-order valence-corrected chi connectivity index (χ2v) is 10.2. The predicted octanol–water partition coefficient (Wildman–Crippen LogP) is 2.65. The zero-order valence-corrected chi connectivity index (χ0v) is 17.8. The third kappa shape index (κ3) is 4.48. The molecule has 0 aliphatic carbocycles. The second-order valence-electron chi connectivity index (χ2n) is 6.09. The number of sulfone groups is 1. The molecule has 0 aliphatic heterocycles. The number of nitrogen functional groups attached to an aromatic ring is 1. The van der Waals surface area contributed by atoms with E-state index in [1.165, 1.54) is 0 Å². The number of fused-ring (bicyclic) bond motifs is 1. The van der Waals surface area contributed by atoms with Crippen LogP contribution >= 0.6 is 34.5 Å². The smallest absolute Gasteiger partial charge is 0.224 e. The van der Waals surface area contributed by atoms with E-state index in [1.807, 2.05) is 0 Å². The van der Waals surface area contributed by atoms with Gasteiger partial charge in [-0.1, -0.05) is 29.3 Å². The Morgan fingerprint density at radius 3 is 2.61 bits per heavy atom. The molecular weight excluding hydrogens is 445 g/mol. The molecule has 0 radical (unpaired) electrons. The van der Waals surface area contributed by atoms with Crippen LogP contribution in [0.3, 0.4) is 0 Å². The SMILES string of the molecule is CS(=O)(=O)CCNc1nc(-c2ccc(Cl)c(Cl)c2)c2c(N)c(C(N)O)sc2n1. The van der Waals surface area contributed by atoms with Gasteiger partial charge in [-0.3, -0.25) is 0 Å². The van der Waals surface area contributed by atoms with Gasteiger partial charge in [-0.15, -0.1) is 11.3 Å². The van der Waals surface area contributed by atoms with Crippen molar-refractivity contribution < 1.29 is 13.5 Å². The standard InChI is InChI=1S/C16H17Cl2N5O3S2/c1-28(25,26)5-4-21-16-22-12(7-2-3-8(17)9(18)6-7)10-11(19)13(14(20)24)27-15(10)23-16/h2-3,6,14,24H,4-5,19-20H2,1H3,(H,21,22,23). The lowest BCUT2D eigenvalue weighted by Crippen LogP contribution is -2.15. The van der Waals surface area contributed by atoms with Gasteiger partial charge >= 0.3 is 0 Å². The van der Waals surface area contributed by atoms with Crippen molar-refractivity contribution in [2.45, 2.75) is 6.23 Å². The molecule has 1 atom stereocenters. The number of rotatable bonds is 6. The minimum Gasteiger partial charge on any atom is -0.397 e. The number of benzene rings is 1. The normalized spacial score (nSPS) is 13.0. The lowest BCUT2D eigenvalue weighted by Gasteiger charge is -2.10. The van der Waals surface area contributed by atoms with Crippen molar-refractivity contribution in [2.75, 3.05) is 29.6 Å². The fraction of sp³-hybridized carbons (Fsp3) is 0.250. The zero-order valence-electron chi connectivity index (χ0n) is 14.6. The molecule has 2 aromatic heterocycles. The summed E-state index contributed by atoms with van der Waals surface area (Å²) in [5, 5.41) is 13.9. The van der Waals surface area contributed by atoms with Gasteiger partial charge in [0, 0.05) is 18.4 Å². The first-order valence-electron chi connectivity index (χ1n) is 7.97. The molecule has 3 aromatic rings. The number of anilines is 2. The Labute approximate surface area is 175 Å². The Morgan fingerprint density at radius 2 is 2.00 bits per heavy atom. The van der Waals surface area contributed by atoms with Crippen LogP contribution < -0.4 is 16.8 Å². The van der Waals surface area contributed by atoms with Crippen LogP contribution in [-0.4, -0.2) is 42.0 Å². The molecule has 2 heterocycles. The highest BCUT2D eigenvalue weighted by Crippen LogP contribution is 2.41. The summed E-state index contributed by atoms with van der Waals surface area (Å²) >= 11 is 13.3. The number of nitrogens with zero attached hydrogens (tertiary/aromatic N) is 2. The molecule has 1 unspecified atom stereocenters. The monoisotopic (exact) mass is 461 g/mol. The van der Waals surface area contributed by atoms with Crippen LogP contribution in [0, 0.1) is 0 Å². The third-order valence-electron chi connectivity index (χ3n) is 3.83. The average Bonchev–Trinajstić information content (AvgIpc) is 2.93. The predicted molar refractivity (Wildman–Crippen MR) is 115 cm³/mol. The Morgan fingerprint density at radius 1 is 1.29 bits per heavy atom. The molecule has 0 spiro atoms.